The van der Waals surface area contributed by atoms with Gasteiger partial charge in [0.1, 0.15) is 0 Å². The number of rotatable bonds is 3. The number of nitrogens with one attached hydrogen (secondary N) is 1. The Kier molecular flexibility index (Phi) is 4.47. The Morgan fingerprint density at radius 1 is 1.29 bits per heavy atom. The molecule has 2 aromatic rings. The summed E-state index contributed by atoms with van der Waals surface area (Å²) in [6.07, 6.45) is 1.41. The SMILES string of the molecule is CC1CCC(Cc2c(-c3noc(C(F)(F)F)n3)cc[nH]c2=O)CC1. The van der Waals surface area contributed by atoms with Gasteiger partial charge in [0.05, 0.1) is 0 Å². The first-order valence-electron chi connectivity index (χ1n) is 7.96. The first kappa shape index (κ1) is 16.7. The van der Waals surface area contributed by atoms with E-state index in [1.165, 1.54) is 12.3 Å². The fourth-order valence-corrected chi connectivity index (χ4v) is 3.19. The Morgan fingerprint density at radius 2 is 2.00 bits per heavy atom. The van der Waals surface area contributed by atoms with E-state index in [0.29, 0.717) is 29.4 Å². The third-order valence-electron chi connectivity index (χ3n) is 4.60. The highest BCUT2D eigenvalue weighted by Crippen LogP contribution is 2.33. The predicted molar refractivity (Wildman–Crippen MR) is 80.2 cm³/mol. The summed E-state index contributed by atoms with van der Waals surface area (Å²) >= 11 is 0. The van der Waals surface area contributed by atoms with Crippen LogP contribution in [0.4, 0.5) is 13.2 Å². The van der Waals surface area contributed by atoms with E-state index in [1.54, 1.807) is 0 Å². The van der Waals surface area contributed by atoms with Gasteiger partial charge in [0.25, 0.3) is 5.56 Å². The topological polar surface area (TPSA) is 71.8 Å². The Labute approximate surface area is 136 Å². The van der Waals surface area contributed by atoms with Crippen LogP contribution in [0.2, 0.25) is 0 Å². The summed E-state index contributed by atoms with van der Waals surface area (Å²) in [4.78, 5) is 18.2. The fraction of sp³-hybridized carbons (Fsp3) is 0.562. The van der Waals surface area contributed by atoms with E-state index in [1.807, 2.05) is 0 Å². The minimum atomic E-state index is -4.70. The molecule has 0 unspecified atom stereocenters. The molecule has 0 amide bonds. The summed E-state index contributed by atoms with van der Waals surface area (Å²) in [5.74, 6) is -0.582. The molecule has 8 heteroatoms. The molecule has 0 bridgehead atoms. The molecule has 0 aliphatic heterocycles. The van der Waals surface area contributed by atoms with Crippen LogP contribution in [-0.2, 0) is 12.6 Å². The van der Waals surface area contributed by atoms with Crippen molar-refractivity contribution >= 4 is 0 Å². The number of halogens is 3. The number of hydrogen-bond donors (Lipinski definition) is 1. The van der Waals surface area contributed by atoms with E-state index in [0.717, 1.165) is 25.7 Å². The lowest BCUT2D eigenvalue weighted by Gasteiger charge is -2.26. The number of alkyl halides is 3. The van der Waals surface area contributed by atoms with Gasteiger partial charge in [0.2, 0.25) is 5.82 Å². The highest BCUT2D eigenvalue weighted by Gasteiger charge is 2.38. The molecule has 24 heavy (non-hydrogen) atoms. The Balaban J connectivity index is 1.90. The molecule has 1 aliphatic rings. The van der Waals surface area contributed by atoms with Gasteiger partial charge in [0, 0.05) is 17.3 Å². The van der Waals surface area contributed by atoms with Crippen molar-refractivity contribution in [1.82, 2.24) is 15.1 Å². The maximum absolute atomic E-state index is 12.6. The number of H-pyrrole nitrogens is 1. The average Bonchev–Trinajstić information content (AvgIpc) is 3.01. The monoisotopic (exact) mass is 341 g/mol. The van der Waals surface area contributed by atoms with Crippen molar-refractivity contribution in [2.75, 3.05) is 0 Å². The van der Waals surface area contributed by atoms with Gasteiger partial charge >= 0.3 is 12.1 Å². The number of hydrogen-bond acceptors (Lipinski definition) is 4. The second kappa shape index (κ2) is 6.41. The van der Waals surface area contributed by atoms with E-state index in [-0.39, 0.29) is 11.4 Å². The number of pyridine rings is 1. The van der Waals surface area contributed by atoms with Crippen LogP contribution in [0, 0.1) is 11.8 Å². The molecule has 5 nitrogen and oxygen atoms in total. The molecule has 0 aromatic carbocycles. The van der Waals surface area contributed by atoms with Gasteiger partial charge in [-0.25, -0.2) is 0 Å². The third kappa shape index (κ3) is 3.52. The molecule has 1 fully saturated rings. The molecule has 2 aromatic heterocycles. The largest absolute Gasteiger partial charge is 0.471 e. The average molecular weight is 341 g/mol. The molecule has 1 aliphatic carbocycles. The van der Waals surface area contributed by atoms with Gasteiger partial charge in [-0.1, -0.05) is 24.9 Å². The van der Waals surface area contributed by atoms with E-state index in [2.05, 4.69) is 26.6 Å². The lowest BCUT2D eigenvalue weighted by atomic mass is 9.79. The van der Waals surface area contributed by atoms with Crippen LogP contribution >= 0.6 is 0 Å². The first-order valence-corrected chi connectivity index (χ1v) is 7.96. The van der Waals surface area contributed by atoms with Crippen LogP contribution in [0.5, 0.6) is 0 Å². The second-order valence-corrected chi connectivity index (χ2v) is 6.45. The highest BCUT2D eigenvalue weighted by atomic mass is 19.4. The van der Waals surface area contributed by atoms with Crippen molar-refractivity contribution in [3.8, 4) is 11.4 Å². The van der Waals surface area contributed by atoms with Crippen LogP contribution in [0.25, 0.3) is 11.4 Å². The smallest absolute Gasteiger partial charge is 0.329 e. The second-order valence-electron chi connectivity index (χ2n) is 6.45. The standard InChI is InChI=1S/C16H18F3N3O2/c1-9-2-4-10(5-3-9)8-12-11(6-7-20-14(12)23)13-21-15(24-22-13)16(17,18)19/h6-7,9-10H,2-5,8H2,1H3,(H,20,23). The molecular formula is C16H18F3N3O2. The van der Waals surface area contributed by atoms with Gasteiger partial charge in [-0.3, -0.25) is 4.79 Å². The van der Waals surface area contributed by atoms with Crippen molar-refractivity contribution < 1.29 is 17.7 Å². The van der Waals surface area contributed by atoms with Gasteiger partial charge in [-0.15, -0.1) is 0 Å². The molecule has 0 atom stereocenters. The van der Waals surface area contributed by atoms with Crippen molar-refractivity contribution in [2.24, 2.45) is 11.8 Å². The lowest BCUT2D eigenvalue weighted by Crippen LogP contribution is -2.21. The summed E-state index contributed by atoms with van der Waals surface area (Å²) in [5.41, 5.74) is 0.410. The van der Waals surface area contributed by atoms with Crippen molar-refractivity contribution in [3.63, 3.8) is 0 Å². The number of aromatic amines is 1. The lowest BCUT2D eigenvalue weighted by molar-refractivity contribution is -0.159. The van der Waals surface area contributed by atoms with Crippen LogP contribution in [0.15, 0.2) is 21.6 Å². The zero-order chi connectivity index (χ0) is 17.3. The van der Waals surface area contributed by atoms with Crippen molar-refractivity contribution in [2.45, 2.75) is 45.2 Å². The van der Waals surface area contributed by atoms with Crippen LogP contribution < -0.4 is 5.56 Å². The quantitative estimate of drug-likeness (QED) is 0.921. The first-order chi connectivity index (χ1) is 11.3. The van der Waals surface area contributed by atoms with E-state index < -0.39 is 12.1 Å². The molecule has 3 rings (SSSR count). The maximum atomic E-state index is 12.6. The molecule has 1 saturated carbocycles. The van der Waals surface area contributed by atoms with Gasteiger partial charge in [-0.05, 0) is 37.2 Å². The molecule has 0 saturated heterocycles. The molecule has 1 N–H and O–H groups in total. The summed E-state index contributed by atoms with van der Waals surface area (Å²) < 4.78 is 42.2. The van der Waals surface area contributed by atoms with Crippen LogP contribution in [0.1, 0.15) is 44.1 Å². The van der Waals surface area contributed by atoms with E-state index >= 15 is 0 Å². The summed E-state index contributed by atoms with van der Waals surface area (Å²) in [6.45, 7) is 2.20. The van der Waals surface area contributed by atoms with Gasteiger partial charge in [0.15, 0.2) is 0 Å². The molecule has 130 valence electrons. The third-order valence-corrected chi connectivity index (χ3v) is 4.60. The van der Waals surface area contributed by atoms with Crippen LogP contribution in [-0.4, -0.2) is 15.1 Å². The number of nitrogens with zero attached hydrogens (tertiary/aromatic N) is 2. The summed E-state index contributed by atoms with van der Waals surface area (Å²) in [5, 5.41) is 3.40. The normalized spacial score (nSPS) is 21.8. The Hall–Kier alpha value is -2.12. The zero-order valence-corrected chi connectivity index (χ0v) is 13.2. The molecule has 0 spiro atoms. The van der Waals surface area contributed by atoms with Crippen LogP contribution in [0.3, 0.4) is 0 Å². The maximum Gasteiger partial charge on any atom is 0.471 e. The number of aromatic nitrogens is 3. The van der Waals surface area contributed by atoms with Crippen molar-refractivity contribution in [1.29, 1.82) is 0 Å². The minimum Gasteiger partial charge on any atom is -0.329 e. The molecular weight excluding hydrogens is 323 g/mol. The van der Waals surface area contributed by atoms with Gasteiger partial charge in [-0.2, -0.15) is 18.2 Å². The van der Waals surface area contributed by atoms with E-state index in [4.69, 9.17) is 0 Å². The minimum absolute atomic E-state index is 0.201. The predicted octanol–water partition coefficient (Wildman–Crippen LogP) is 3.81. The highest BCUT2D eigenvalue weighted by molar-refractivity contribution is 5.58. The van der Waals surface area contributed by atoms with Crippen molar-refractivity contribution in [3.05, 3.63) is 34.1 Å². The molecule has 0 radical (unpaired) electrons. The Bertz CT molecular complexity index is 758. The fourth-order valence-electron chi connectivity index (χ4n) is 3.19. The summed E-state index contributed by atoms with van der Waals surface area (Å²) in [6, 6.07) is 1.52. The zero-order valence-electron chi connectivity index (χ0n) is 13.2. The summed E-state index contributed by atoms with van der Waals surface area (Å²) in [7, 11) is 0. The molecule has 2 heterocycles. The van der Waals surface area contributed by atoms with E-state index in [9.17, 15) is 18.0 Å². The van der Waals surface area contributed by atoms with Gasteiger partial charge < -0.3 is 9.51 Å². The Morgan fingerprint density at radius 3 is 2.62 bits per heavy atom.